The van der Waals surface area contributed by atoms with Gasteiger partial charge < -0.3 is 0 Å². The minimum Gasteiger partial charge on any atom is -0.264 e. The first kappa shape index (κ1) is 11.2. The topological polar surface area (TPSA) is 92.2 Å². The van der Waals surface area contributed by atoms with Crippen molar-refractivity contribution in [2.75, 3.05) is 0 Å². The van der Waals surface area contributed by atoms with Crippen LogP contribution in [0.25, 0.3) is 0 Å². The summed E-state index contributed by atoms with van der Waals surface area (Å²) in [5.41, 5.74) is 0. The van der Waals surface area contributed by atoms with Gasteiger partial charge in [0.1, 0.15) is 0 Å². The fourth-order valence-electron chi connectivity index (χ4n) is 0. The molecule has 6 heteroatoms. The molecule has 0 aromatic rings. The third kappa shape index (κ3) is 32.7. The molecule has 0 heterocycles. The Hall–Kier alpha value is 2.37. The molecule has 0 aliphatic heterocycles. The maximum absolute atomic E-state index is 8.58. The fourth-order valence-corrected chi connectivity index (χ4v) is 0. The van der Waals surface area contributed by atoms with Crippen LogP contribution in [0, 0.1) is 14.1 Å². The van der Waals surface area contributed by atoms with Crippen LogP contribution in [0.4, 0.5) is 0 Å². The molecule has 0 fully saturated rings. The van der Waals surface area contributed by atoms with Crippen molar-refractivity contribution in [1.82, 2.24) is 0 Å². The van der Waals surface area contributed by atoms with E-state index < -0.39 is 14.1 Å². The van der Waals surface area contributed by atoms with E-state index >= 15 is 0 Å². The third-order valence-corrected chi connectivity index (χ3v) is 0. The summed E-state index contributed by atoms with van der Waals surface area (Å²) in [5, 5.41) is 0. The van der Waals surface area contributed by atoms with Crippen molar-refractivity contribution in [3.05, 3.63) is 0 Å². The molecule has 32 valence electrons. The Balaban J connectivity index is 0. The van der Waals surface area contributed by atoms with Gasteiger partial charge in [0.25, 0.3) is 0 Å². The van der Waals surface area contributed by atoms with Gasteiger partial charge in [0.2, 0.25) is 0 Å². The van der Waals surface area contributed by atoms with Crippen molar-refractivity contribution in [2.45, 2.75) is 0 Å². The molecule has 0 aliphatic carbocycles. The molecule has 4 nitrogen and oxygen atoms in total. The molecule has 0 saturated carbocycles. The van der Waals surface area contributed by atoms with Crippen molar-refractivity contribution in [3.63, 3.8) is 0 Å². The summed E-state index contributed by atoms with van der Waals surface area (Å²) in [6, 6.07) is 0. The molecule has 6 heavy (non-hydrogen) atoms. The van der Waals surface area contributed by atoms with Crippen LogP contribution >= 0.6 is 0 Å². The Morgan fingerprint density at radius 3 is 0.833 bits per heavy atom. The minimum absolute atomic E-state index is 0. The van der Waals surface area contributed by atoms with Crippen molar-refractivity contribution in [1.29, 1.82) is 0 Å². The van der Waals surface area contributed by atoms with E-state index in [1.807, 2.05) is 0 Å². The summed E-state index contributed by atoms with van der Waals surface area (Å²) >= 11 is -5.62. The van der Waals surface area contributed by atoms with Crippen LogP contribution < -0.4 is 85.7 Å². The average molecular weight is 277 g/mol. The van der Waals surface area contributed by atoms with E-state index in [0.29, 0.717) is 0 Å². The standard InChI is InChI=1S/BrO4.Cs/c2-1(3,4)5;/q-1;+1. The van der Waals surface area contributed by atoms with Gasteiger partial charge in [-0.25, -0.2) is 0 Å². The molecule has 0 atom stereocenters. The molecule has 0 radical (unpaired) electrons. The van der Waals surface area contributed by atoms with E-state index in [4.69, 9.17) is 16.8 Å². The zero-order valence-electron chi connectivity index (χ0n) is 3.01. The normalized spacial score (nSPS) is 10.0. The molecule has 0 amide bonds. The zero-order valence-corrected chi connectivity index (χ0v) is 10.9. The van der Waals surface area contributed by atoms with E-state index in [1.54, 1.807) is 0 Å². The largest absolute Gasteiger partial charge is 1.00 e. The van der Waals surface area contributed by atoms with Crippen LogP contribution in [-0.4, -0.2) is 0 Å². The van der Waals surface area contributed by atoms with Crippen LogP contribution in [-0.2, 0) is 0 Å². The number of rotatable bonds is 0. The number of hydrogen-bond donors (Lipinski definition) is 0. The SMILES string of the molecule is [Cs+].[O-][Br+3]([O-])([O-])[O-]. The van der Waals surface area contributed by atoms with Gasteiger partial charge in [-0.05, 0) is 0 Å². The van der Waals surface area contributed by atoms with Crippen molar-refractivity contribution >= 4 is 0 Å². The van der Waals surface area contributed by atoms with Gasteiger partial charge in [-0.2, -0.15) is 0 Å². The molecule has 0 saturated heterocycles. The molecule has 0 aromatic heterocycles. The quantitative estimate of drug-likeness (QED) is 0.439. The van der Waals surface area contributed by atoms with E-state index in [9.17, 15) is 0 Å². The van der Waals surface area contributed by atoms with Gasteiger partial charge in [0.15, 0.2) is 0 Å². The van der Waals surface area contributed by atoms with Gasteiger partial charge in [0.05, 0.1) is 14.1 Å². The second-order valence-electron chi connectivity index (χ2n) is 0.378. The first-order valence-electron chi connectivity index (χ1n) is 0.617. The third-order valence-electron chi connectivity index (χ3n) is 0. The van der Waals surface area contributed by atoms with Crippen LogP contribution in [0.1, 0.15) is 0 Å². The van der Waals surface area contributed by atoms with Crippen LogP contribution in [0.5, 0.6) is 0 Å². The summed E-state index contributed by atoms with van der Waals surface area (Å²) in [5.74, 6) is 0. The molecule has 0 unspecified atom stereocenters. The Labute approximate surface area is 97.1 Å². The van der Waals surface area contributed by atoms with E-state index in [-0.39, 0.29) is 68.9 Å². The fraction of sp³-hybridized carbons (Fsp3) is 0. The predicted octanol–water partition coefficient (Wildman–Crippen LogP) is -7.75. The van der Waals surface area contributed by atoms with Gasteiger partial charge in [0, 0.05) is 0 Å². The van der Waals surface area contributed by atoms with Crippen LogP contribution in [0.2, 0.25) is 0 Å². The van der Waals surface area contributed by atoms with Crippen molar-refractivity contribution in [2.24, 2.45) is 0 Å². The summed E-state index contributed by atoms with van der Waals surface area (Å²) in [4.78, 5) is 0. The van der Waals surface area contributed by atoms with Crippen LogP contribution in [0.3, 0.4) is 0 Å². The summed E-state index contributed by atoms with van der Waals surface area (Å²) in [7, 11) is 0. The van der Waals surface area contributed by atoms with Gasteiger partial charge >= 0.3 is 68.9 Å². The summed E-state index contributed by atoms with van der Waals surface area (Å²) < 4.78 is 34.3. The average Bonchev–Trinajstić information content (AvgIpc) is 0.722. The molecular formula is BrCsO4. The molecule has 0 bridgehead atoms. The Kier molecular flexibility index (Phi) is 7.98. The van der Waals surface area contributed by atoms with Crippen molar-refractivity contribution < 1.29 is 99.8 Å². The van der Waals surface area contributed by atoms with Gasteiger partial charge in [-0.15, -0.1) is 0 Å². The van der Waals surface area contributed by atoms with Crippen molar-refractivity contribution in [3.8, 4) is 0 Å². The number of hydrogen-bond acceptors (Lipinski definition) is 4. The smallest absolute Gasteiger partial charge is 0.264 e. The molecule has 0 N–H and O–H groups in total. The zero-order chi connectivity index (χ0) is 4.50. The molecular weight excluding hydrogens is 277 g/mol. The van der Waals surface area contributed by atoms with Crippen LogP contribution in [0.15, 0.2) is 0 Å². The monoisotopic (exact) mass is 276 g/mol. The Morgan fingerprint density at radius 1 is 0.833 bits per heavy atom. The Morgan fingerprint density at radius 2 is 0.833 bits per heavy atom. The summed E-state index contributed by atoms with van der Waals surface area (Å²) in [6.45, 7) is 0. The molecule has 0 aromatic carbocycles. The first-order valence-corrected chi connectivity index (χ1v) is 3.21. The second kappa shape index (κ2) is 4.27. The molecule has 0 aliphatic rings. The van der Waals surface area contributed by atoms with E-state index in [0.717, 1.165) is 0 Å². The maximum Gasteiger partial charge on any atom is 1.00 e. The second-order valence-corrected chi connectivity index (χ2v) is 1.96. The minimum atomic E-state index is -5.62. The summed E-state index contributed by atoms with van der Waals surface area (Å²) in [6.07, 6.45) is 0. The van der Waals surface area contributed by atoms with Gasteiger partial charge in [-0.1, -0.05) is 0 Å². The Bertz CT molecular complexity index is 23.0. The maximum atomic E-state index is 8.58. The number of halogens is 1. The predicted molar refractivity (Wildman–Crippen MR) is 0 cm³/mol. The van der Waals surface area contributed by atoms with Gasteiger partial charge in [-0.3, -0.25) is 16.8 Å². The molecule has 0 spiro atoms. The van der Waals surface area contributed by atoms with E-state index in [2.05, 4.69) is 0 Å². The molecule has 0 rings (SSSR count). The first-order chi connectivity index (χ1) is 2.00. The van der Waals surface area contributed by atoms with E-state index in [1.165, 1.54) is 0 Å².